The molecule has 0 amide bonds. The first kappa shape index (κ1) is 18.4. The normalized spacial score (nSPS) is 21.6. The number of nitrogen functional groups attached to an aromatic ring is 1. The van der Waals surface area contributed by atoms with E-state index in [2.05, 4.69) is 4.98 Å². The average molecular weight is 377 g/mol. The molecule has 2 aromatic rings. The zero-order valence-corrected chi connectivity index (χ0v) is 16.0. The number of aliphatic hydroxyl groups is 1. The number of nitrogens with zero attached hydrogens (tertiary/aromatic N) is 1. The van der Waals surface area contributed by atoms with Gasteiger partial charge in [-0.3, -0.25) is 4.79 Å². The molecule has 0 bridgehead atoms. The molecule has 6 heteroatoms. The fraction of sp³-hybridized carbons (Fsp3) is 0.474. The third-order valence-corrected chi connectivity index (χ3v) is 6.88. The van der Waals surface area contributed by atoms with Gasteiger partial charge in [0.15, 0.2) is 4.34 Å². The first-order valence-electron chi connectivity index (χ1n) is 8.73. The number of carbonyl (C=O) groups excluding carboxylic acids is 1. The summed E-state index contributed by atoms with van der Waals surface area (Å²) in [5.74, 6) is 1.68. The lowest BCUT2D eigenvalue weighted by atomic mass is 9.86. The summed E-state index contributed by atoms with van der Waals surface area (Å²) in [4.78, 5) is 16.7. The van der Waals surface area contributed by atoms with Gasteiger partial charge in [-0.1, -0.05) is 54.3 Å². The Morgan fingerprint density at radius 1 is 1.40 bits per heavy atom. The molecule has 1 aliphatic carbocycles. The second kappa shape index (κ2) is 8.34. The van der Waals surface area contributed by atoms with Crippen molar-refractivity contribution in [1.82, 2.24) is 4.98 Å². The van der Waals surface area contributed by atoms with Crippen molar-refractivity contribution in [3.8, 4) is 0 Å². The largest absolute Gasteiger partial charge is 0.389 e. The van der Waals surface area contributed by atoms with Gasteiger partial charge in [0.1, 0.15) is 10.8 Å². The van der Waals surface area contributed by atoms with Gasteiger partial charge in [-0.2, -0.15) is 0 Å². The number of ketones is 1. The molecule has 0 saturated heterocycles. The van der Waals surface area contributed by atoms with Gasteiger partial charge in [0.2, 0.25) is 0 Å². The highest BCUT2D eigenvalue weighted by atomic mass is 32.2. The van der Waals surface area contributed by atoms with E-state index in [1.165, 1.54) is 11.3 Å². The fourth-order valence-corrected chi connectivity index (χ4v) is 5.39. The third kappa shape index (κ3) is 4.43. The molecule has 0 radical (unpaired) electrons. The second-order valence-corrected chi connectivity index (χ2v) is 8.90. The Balaban J connectivity index is 1.63. The van der Waals surface area contributed by atoms with Crippen LogP contribution in [-0.4, -0.2) is 21.6 Å². The number of carbonyl (C=O) groups is 1. The smallest absolute Gasteiger partial charge is 0.151 e. The van der Waals surface area contributed by atoms with Crippen LogP contribution >= 0.6 is 23.1 Å². The van der Waals surface area contributed by atoms with Gasteiger partial charge in [-0.25, -0.2) is 4.98 Å². The number of aromatic nitrogens is 1. The SMILES string of the molecule is CCC(O)c1ccc(C2C(=O)CCC2CCSc2ncc(N)s2)cc1. The lowest BCUT2D eigenvalue weighted by Gasteiger charge is -2.19. The summed E-state index contributed by atoms with van der Waals surface area (Å²) < 4.78 is 0.997. The maximum absolute atomic E-state index is 12.4. The molecular weight excluding hydrogens is 352 g/mol. The van der Waals surface area contributed by atoms with Crippen molar-refractivity contribution in [3.63, 3.8) is 0 Å². The second-order valence-electron chi connectivity index (χ2n) is 6.50. The number of thioether (sulfide) groups is 1. The molecule has 0 spiro atoms. The number of aliphatic hydroxyl groups excluding tert-OH is 1. The van der Waals surface area contributed by atoms with Crippen LogP contribution in [0.4, 0.5) is 5.00 Å². The first-order valence-corrected chi connectivity index (χ1v) is 10.5. The van der Waals surface area contributed by atoms with Crippen molar-refractivity contribution in [2.45, 2.75) is 49.0 Å². The van der Waals surface area contributed by atoms with E-state index in [0.29, 0.717) is 24.5 Å². The lowest BCUT2D eigenvalue weighted by molar-refractivity contribution is -0.119. The molecule has 0 aliphatic heterocycles. The summed E-state index contributed by atoms with van der Waals surface area (Å²) in [6, 6.07) is 7.95. The van der Waals surface area contributed by atoms with Crippen LogP contribution in [0.2, 0.25) is 0 Å². The molecule has 134 valence electrons. The number of hydrogen-bond donors (Lipinski definition) is 2. The number of benzene rings is 1. The molecule has 1 heterocycles. The van der Waals surface area contributed by atoms with Gasteiger partial charge in [0.25, 0.3) is 0 Å². The predicted molar refractivity (Wildman–Crippen MR) is 104 cm³/mol. The fourth-order valence-electron chi connectivity index (χ4n) is 3.48. The van der Waals surface area contributed by atoms with Gasteiger partial charge in [-0.05, 0) is 36.3 Å². The number of rotatable bonds is 7. The zero-order chi connectivity index (χ0) is 17.8. The van der Waals surface area contributed by atoms with E-state index < -0.39 is 6.10 Å². The minimum Gasteiger partial charge on any atom is -0.389 e. The summed E-state index contributed by atoms with van der Waals surface area (Å²) in [7, 11) is 0. The van der Waals surface area contributed by atoms with E-state index in [1.54, 1.807) is 18.0 Å². The third-order valence-electron chi connectivity index (χ3n) is 4.86. The van der Waals surface area contributed by atoms with Crippen molar-refractivity contribution < 1.29 is 9.90 Å². The van der Waals surface area contributed by atoms with Crippen molar-refractivity contribution in [2.24, 2.45) is 5.92 Å². The van der Waals surface area contributed by atoms with Gasteiger partial charge in [0.05, 0.1) is 12.3 Å². The summed E-state index contributed by atoms with van der Waals surface area (Å²) in [5, 5.41) is 10.7. The Bertz CT molecular complexity index is 714. The molecule has 3 rings (SSSR count). The van der Waals surface area contributed by atoms with E-state index in [0.717, 1.165) is 39.1 Å². The van der Waals surface area contributed by atoms with Crippen LogP contribution in [0.1, 0.15) is 55.8 Å². The molecule has 25 heavy (non-hydrogen) atoms. The highest BCUT2D eigenvalue weighted by Gasteiger charge is 2.35. The number of anilines is 1. The molecule has 1 aliphatic rings. The Morgan fingerprint density at radius 2 is 2.16 bits per heavy atom. The van der Waals surface area contributed by atoms with Gasteiger partial charge < -0.3 is 10.8 Å². The molecule has 1 aromatic heterocycles. The first-order chi connectivity index (χ1) is 12.1. The van der Waals surface area contributed by atoms with Crippen molar-refractivity contribution in [2.75, 3.05) is 11.5 Å². The standard InChI is InChI=1S/C19H24N2O2S2/c1-2-15(22)12-3-5-13(6-4-12)18-14(7-8-16(18)23)9-10-24-19-21-11-17(20)25-19/h3-6,11,14-15,18,22H,2,7-10,20H2,1H3. The number of Topliss-reactive ketones (excluding diaryl/α,β-unsaturated/α-hetero) is 1. The van der Waals surface area contributed by atoms with E-state index in [1.807, 2.05) is 31.2 Å². The molecule has 1 aromatic carbocycles. The monoisotopic (exact) mass is 376 g/mol. The summed E-state index contributed by atoms with van der Waals surface area (Å²) in [6.07, 6.45) is 4.60. The Kier molecular flexibility index (Phi) is 6.15. The Hall–Kier alpha value is -1.37. The molecule has 1 fully saturated rings. The van der Waals surface area contributed by atoms with Gasteiger partial charge in [-0.15, -0.1) is 0 Å². The predicted octanol–water partition coefficient (Wildman–Crippen LogP) is 4.41. The maximum Gasteiger partial charge on any atom is 0.151 e. The van der Waals surface area contributed by atoms with Crippen LogP contribution in [0.3, 0.4) is 0 Å². The molecule has 1 saturated carbocycles. The van der Waals surface area contributed by atoms with Crippen LogP contribution in [0.5, 0.6) is 0 Å². The molecule has 3 unspecified atom stereocenters. The molecule has 3 N–H and O–H groups in total. The topological polar surface area (TPSA) is 76.2 Å². The minimum atomic E-state index is -0.425. The number of nitrogens with two attached hydrogens (primary N) is 1. The Morgan fingerprint density at radius 3 is 2.80 bits per heavy atom. The van der Waals surface area contributed by atoms with Crippen LogP contribution < -0.4 is 5.73 Å². The highest BCUT2D eigenvalue weighted by molar-refractivity contribution is 8.01. The van der Waals surface area contributed by atoms with Crippen LogP contribution in [0, 0.1) is 5.92 Å². The van der Waals surface area contributed by atoms with E-state index in [4.69, 9.17) is 5.73 Å². The number of hydrogen-bond acceptors (Lipinski definition) is 6. The van der Waals surface area contributed by atoms with E-state index >= 15 is 0 Å². The summed E-state index contributed by atoms with van der Waals surface area (Å²) in [6.45, 7) is 1.96. The Labute approximate surface area is 156 Å². The molecule has 4 nitrogen and oxygen atoms in total. The van der Waals surface area contributed by atoms with Gasteiger partial charge in [0, 0.05) is 18.1 Å². The number of thiazole rings is 1. The molecule has 3 atom stereocenters. The highest BCUT2D eigenvalue weighted by Crippen LogP contribution is 2.40. The summed E-state index contributed by atoms with van der Waals surface area (Å²) >= 11 is 3.23. The zero-order valence-electron chi connectivity index (χ0n) is 14.4. The van der Waals surface area contributed by atoms with Crippen molar-refractivity contribution >= 4 is 33.9 Å². The minimum absolute atomic E-state index is 0.00483. The van der Waals surface area contributed by atoms with Crippen LogP contribution in [0.15, 0.2) is 34.8 Å². The summed E-state index contributed by atoms with van der Waals surface area (Å²) in [5.41, 5.74) is 7.72. The molecular formula is C19H24N2O2S2. The van der Waals surface area contributed by atoms with Crippen molar-refractivity contribution in [3.05, 3.63) is 41.6 Å². The van der Waals surface area contributed by atoms with Gasteiger partial charge >= 0.3 is 0 Å². The van der Waals surface area contributed by atoms with Crippen LogP contribution in [0.25, 0.3) is 0 Å². The van der Waals surface area contributed by atoms with Crippen molar-refractivity contribution in [1.29, 1.82) is 0 Å². The average Bonchev–Trinajstić information content (AvgIpc) is 3.20. The maximum atomic E-state index is 12.4. The van der Waals surface area contributed by atoms with E-state index in [9.17, 15) is 9.90 Å². The quantitative estimate of drug-likeness (QED) is 0.700. The van der Waals surface area contributed by atoms with E-state index in [-0.39, 0.29) is 5.92 Å². The lowest BCUT2D eigenvalue weighted by Crippen LogP contribution is -2.13. The van der Waals surface area contributed by atoms with Crippen LogP contribution in [-0.2, 0) is 4.79 Å².